The summed E-state index contributed by atoms with van der Waals surface area (Å²) in [6.07, 6.45) is 7.14. The molecular weight excluding hydrogens is 268 g/mol. The Kier molecular flexibility index (Phi) is 6.33. The molecule has 1 N–H and O–H groups in total. The van der Waals surface area contributed by atoms with Crippen LogP contribution in [0, 0.1) is 16.7 Å². The summed E-state index contributed by atoms with van der Waals surface area (Å²) in [5, 5.41) is 10.5. The van der Waals surface area contributed by atoms with Crippen molar-refractivity contribution >= 4 is 16.9 Å². The molecule has 0 aromatic rings. The molecule has 2 nitrogen and oxygen atoms in total. The molecule has 0 aromatic carbocycles. The van der Waals surface area contributed by atoms with E-state index in [1.807, 2.05) is 6.08 Å². The van der Waals surface area contributed by atoms with Gasteiger partial charge in [-0.2, -0.15) is 0 Å². The molecule has 1 rings (SSSR count). The smallest absolute Gasteiger partial charge is 0.198 e. The van der Waals surface area contributed by atoms with E-state index in [-0.39, 0.29) is 10.5 Å². The number of rotatable bonds is 7. The van der Waals surface area contributed by atoms with Gasteiger partial charge >= 0.3 is 0 Å². The highest BCUT2D eigenvalue weighted by atomic mass is 32.2. The molecule has 0 bridgehead atoms. The topological polar surface area (TPSA) is 37.3 Å². The van der Waals surface area contributed by atoms with Gasteiger partial charge in [0.1, 0.15) is 0 Å². The molecule has 3 heteroatoms. The number of carbonyl (C=O) groups is 1. The van der Waals surface area contributed by atoms with Crippen LogP contribution in [0.3, 0.4) is 0 Å². The van der Waals surface area contributed by atoms with Crippen molar-refractivity contribution in [2.24, 2.45) is 16.7 Å². The van der Waals surface area contributed by atoms with E-state index < -0.39 is 11.5 Å². The summed E-state index contributed by atoms with van der Waals surface area (Å²) >= 11 is 1.41. The molecule has 1 aliphatic carbocycles. The number of carbonyl (C=O) groups excluding carboxylic acids is 1. The number of allylic oxidation sites excluding steroid dienone is 1. The van der Waals surface area contributed by atoms with Crippen molar-refractivity contribution in [1.29, 1.82) is 0 Å². The number of aliphatic hydroxyl groups excluding tert-OH is 1. The first-order chi connectivity index (χ1) is 9.24. The lowest BCUT2D eigenvalue weighted by Gasteiger charge is -2.25. The third-order valence-electron chi connectivity index (χ3n) is 4.44. The fourth-order valence-electron chi connectivity index (χ4n) is 1.95. The zero-order valence-electron chi connectivity index (χ0n) is 13.6. The molecule has 20 heavy (non-hydrogen) atoms. The van der Waals surface area contributed by atoms with E-state index in [9.17, 15) is 9.90 Å². The van der Waals surface area contributed by atoms with Crippen molar-refractivity contribution in [2.75, 3.05) is 5.75 Å². The van der Waals surface area contributed by atoms with Gasteiger partial charge in [0.2, 0.25) is 0 Å². The largest absolute Gasteiger partial charge is 0.388 e. The normalized spacial score (nSPS) is 20.9. The second-order valence-electron chi connectivity index (χ2n) is 7.13. The van der Waals surface area contributed by atoms with Crippen molar-refractivity contribution in [3.63, 3.8) is 0 Å². The highest BCUT2D eigenvalue weighted by molar-refractivity contribution is 8.13. The Bertz CT molecular complexity index is 350. The second kappa shape index (κ2) is 7.13. The zero-order valence-corrected chi connectivity index (χ0v) is 14.4. The van der Waals surface area contributed by atoms with Gasteiger partial charge in [-0.1, -0.05) is 65.0 Å². The van der Waals surface area contributed by atoms with Gasteiger partial charge in [-0.15, -0.1) is 0 Å². The molecular formula is C17H30O2S. The van der Waals surface area contributed by atoms with Crippen LogP contribution in [0.1, 0.15) is 60.3 Å². The third kappa shape index (κ3) is 4.63. The Morgan fingerprint density at radius 3 is 2.40 bits per heavy atom. The summed E-state index contributed by atoms with van der Waals surface area (Å²) in [6, 6.07) is 0. The minimum atomic E-state index is -0.617. The Morgan fingerprint density at radius 2 is 1.95 bits per heavy atom. The van der Waals surface area contributed by atoms with Crippen LogP contribution in [0.2, 0.25) is 0 Å². The van der Waals surface area contributed by atoms with Crippen molar-refractivity contribution < 1.29 is 9.90 Å². The molecule has 0 spiro atoms. The van der Waals surface area contributed by atoms with Crippen LogP contribution in [0.5, 0.6) is 0 Å². The standard InChI is InChI=1S/C17H30O2S/c1-6-7-12-20-15(19)17(10-11-17)14(18)9-8-13(2)16(3,4)5/h8-9,13-14,18H,6-7,10-12H2,1-5H3/b9-8+/t13-,14-/m1/s1. The molecule has 0 aliphatic heterocycles. The summed E-state index contributed by atoms with van der Waals surface area (Å²) in [4.78, 5) is 12.3. The van der Waals surface area contributed by atoms with E-state index in [4.69, 9.17) is 0 Å². The molecule has 0 unspecified atom stereocenters. The number of hydrogen-bond acceptors (Lipinski definition) is 3. The second-order valence-corrected chi connectivity index (χ2v) is 8.20. The molecule has 1 saturated carbocycles. The van der Waals surface area contributed by atoms with Gasteiger partial charge in [-0.05, 0) is 30.6 Å². The summed E-state index contributed by atoms with van der Waals surface area (Å²) in [5.41, 5.74) is -0.292. The summed E-state index contributed by atoms with van der Waals surface area (Å²) < 4.78 is 0. The molecule has 116 valence electrons. The van der Waals surface area contributed by atoms with Crippen LogP contribution in [0.25, 0.3) is 0 Å². The lowest BCUT2D eigenvalue weighted by atomic mass is 9.81. The summed E-state index contributed by atoms with van der Waals surface area (Å²) in [7, 11) is 0. The van der Waals surface area contributed by atoms with Gasteiger partial charge in [-0.3, -0.25) is 4.79 Å². The minimum Gasteiger partial charge on any atom is -0.388 e. The monoisotopic (exact) mass is 298 g/mol. The Morgan fingerprint density at radius 1 is 1.35 bits per heavy atom. The predicted octanol–water partition coefficient (Wildman–Crippen LogP) is 4.43. The highest BCUT2D eigenvalue weighted by Crippen LogP contribution is 2.52. The van der Waals surface area contributed by atoms with Crippen LogP contribution in [-0.4, -0.2) is 22.1 Å². The van der Waals surface area contributed by atoms with Crippen molar-refractivity contribution in [2.45, 2.75) is 66.4 Å². The molecule has 0 heterocycles. The number of unbranched alkanes of at least 4 members (excludes halogenated alkanes) is 1. The first kappa shape index (κ1) is 17.8. The number of hydrogen-bond donors (Lipinski definition) is 1. The molecule has 0 radical (unpaired) electrons. The average molecular weight is 298 g/mol. The van der Waals surface area contributed by atoms with Gasteiger partial charge in [-0.25, -0.2) is 0 Å². The molecule has 0 saturated heterocycles. The first-order valence-electron chi connectivity index (χ1n) is 7.77. The maximum atomic E-state index is 12.3. The van der Waals surface area contributed by atoms with Gasteiger partial charge in [0, 0.05) is 5.75 Å². The van der Waals surface area contributed by atoms with Crippen LogP contribution in [-0.2, 0) is 4.79 Å². The fourth-order valence-corrected chi connectivity index (χ4v) is 3.18. The number of aliphatic hydroxyl groups is 1. The molecule has 2 atom stereocenters. The highest BCUT2D eigenvalue weighted by Gasteiger charge is 2.54. The fraction of sp³-hybridized carbons (Fsp3) is 0.824. The van der Waals surface area contributed by atoms with Gasteiger partial charge in [0.05, 0.1) is 11.5 Å². The Hall–Kier alpha value is -0.280. The third-order valence-corrected chi connectivity index (χ3v) is 5.60. The summed E-state index contributed by atoms with van der Waals surface area (Å²) in [6.45, 7) is 10.8. The van der Waals surface area contributed by atoms with Crippen molar-refractivity contribution in [3.05, 3.63) is 12.2 Å². The van der Waals surface area contributed by atoms with E-state index in [2.05, 4.69) is 40.7 Å². The molecule has 1 aliphatic rings. The molecule has 1 fully saturated rings. The van der Waals surface area contributed by atoms with E-state index in [1.54, 1.807) is 0 Å². The maximum absolute atomic E-state index is 12.3. The van der Waals surface area contributed by atoms with Gasteiger partial charge in [0.15, 0.2) is 5.12 Å². The van der Waals surface area contributed by atoms with E-state index in [0.29, 0.717) is 5.92 Å². The first-order valence-corrected chi connectivity index (χ1v) is 8.76. The molecule has 0 amide bonds. The maximum Gasteiger partial charge on any atom is 0.198 e. The zero-order chi connectivity index (χ0) is 15.4. The van der Waals surface area contributed by atoms with E-state index in [0.717, 1.165) is 31.4 Å². The van der Waals surface area contributed by atoms with Crippen LogP contribution >= 0.6 is 11.8 Å². The lowest BCUT2D eigenvalue weighted by Crippen LogP contribution is -2.27. The predicted molar refractivity (Wildman–Crippen MR) is 87.8 cm³/mol. The Balaban J connectivity index is 2.56. The van der Waals surface area contributed by atoms with Crippen molar-refractivity contribution in [1.82, 2.24) is 0 Å². The van der Waals surface area contributed by atoms with Crippen LogP contribution in [0.4, 0.5) is 0 Å². The van der Waals surface area contributed by atoms with Gasteiger partial charge in [0.25, 0.3) is 0 Å². The SMILES string of the molecule is CCCCSC(=O)C1([C@H](O)/C=C/[C@@H](C)C(C)(C)C)CC1. The molecule has 0 aromatic heterocycles. The van der Waals surface area contributed by atoms with Gasteiger partial charge < -0.3 is 5.11 Å². The Labute approximate surface area is 128 Å². The number of thioether (sulfide) groups is 1. The lowest BCUT2D eigenvalue weighted by molar-refractivity contribution is -0.118. The summed E-state index contributed by atoms with van der Waals surface area (Å²) in [5.74, 6) is 1.27. The van der Waals surface area contributed by atoms with Crippen molar-refractivity contribution in [3.8, 4) is 0 Å². The van der Waals surface area contributed by atoms with Crippen LogP contribution < -0.4 is 0 Å². The quantitative estimate of drug-likeness (QED) is 0.558. The average Bonchev–Trinajstić information content (AvgIpc) is 3.16. The minimum absolute atomic E-state index is 0.187. The van der Waals surface area contributed by atoms with Crippen LogP contribution in [0.15, 0.2) is 12.2 Å². The van der Waals surface area contributed by atoms with E-state index >= 15 is 0 Å². The van der Waals surface area contributed by atoms with E-state index in [1.165, 1.54) is 11.8 Å².